The molecule has 0 aliphatic carbocycles. The van der Waals surface area contributed by atoms with Crippen LogP contribution in [0.4, 0.5) is 5.69 Å². The Morgan fingerprint density at radius 1 is 1.07 bits per heavy atom. The zero-order valence-electron chi connectivity index (χ0n) is 16.9. The summed E-state index contributed by atoms with van der Waals surface area (Å²) in [7, 11) is 4.62. The number of likely N-dealkylation sites (tertiary alicyclic amines) is 1. The van der Waals surface area contributed by atoms with Crippen molar-refractivity contribution in [2.24, 2.45) is 5.73 Å². The molecule has 1 aliphatic rings. The topological polar surface area (TPSA) is 86.1 Å². The maximum atomic E-state index is 12.6. The van der Waals surface area contributed by atoms with Crippen LogP contribution in [-0.4, -0.2) is 57.8 Å². The van der Waals surface area contributed by atoms with Gasteiger partial charge in [0.05, 0.1) is 27.9 Å². The van der Waals surface area contributed by atoms with Gasteiger partial charge in [0, 0.05) is 42.9 Å². The van der Waals surface area contributed by atoms with Crippen molar-refractivity contribution in [3.05, 3.63) is 48.0 Å². The molecule has 1 heterocycles. The predicted molar refractivity (Wildman–Crippen MR) is 116 cm³/mol. The Morgan fingerprint density at radius 3 is 2.24 bits per heavy atom. The first-order valence-corrected chi connectivity index (χ1v) is 9.18. The van der Waals surface area contributed by atoms with Crippen LogP contribution in [0, 0.1) is 0 Å². The Kier molecular flexibility index (Phi) is 8.13. The molecule has 0 unspecified atom stereocenters. The average molecular weight is 422 g/mol. The molecule has 3 rings (SSSR count). The molecule has 0 saturated carbocycles. The number of anilines is 1. The predicted octanol–water partition coefficient (Wildman–Crippen LogP) is 2.50. The van der Waals surface area contributed by atoms with E-state index >= 15 is 0 Å². The average Bonchev–Trinajstić information content (AvgIpc) is 3.07. The number of methoxy groups -OCH3 is 3. The van der Waals surface area contributed by atoms with Gasteiger partial charge in [-0.3, -0.25) is 9.69 Å². The van der Waals surface area contributed by atoms with E-state index in [1.807, 2.05) is 18.2 Å². The Bertz CT molecular complexity index is 794. The van der Waals surface area contributed by atoms with Gasteiger partial charge < -0.3 is 25.3 Å². The normalized spacial score (nSPS) is 18.6. The molecule has 29 heavy (non-hydrogen) atoms. The summed E-state index contributed by atoms with van der Waals surface area (Å²) >= 11 is 0. The number of nitrogens with one attached hydrogen (secondary N) is 1. The largest absolute Gasteiger partial charge is 0.493 e. The number of hydrogen-bond donors (Lipinski definition) is 2. The van der Waals surface area contributed by atoms with Crippen LogP contribution in [0.25, 0.3) is 0 Å². The van der Waals surface area contributed by atoms with E-state index in [-0.39, 0.29) is 36.8 Å². The second-order valence-electron chi connectivity index (χ2n) is 6.84. The third-order valence-electron chi connectivity index (χ3n) is 4.98. The molecule has 1 fully saturated rings. The molecule has 1 aliphatic heterocycles. The lowest BCUT2D eigenvalue weighted by Crippen LogP contribution is -2.33. The highest BCUT2D eigenvalue weighted by Gasteiger charge is 2.32. The van der Waals surface area contributed by atoms with Crippen LogP contribution in [0.5, 0.6) is 17.2 Å². The molecule has 0 aromatic heterocycles. The third-order valence-corrected chi connectivity index (χ3v) is 4.98. The highest BCUT2D eigenvalue weighted by molar-refractivity contribution is 5.93. The second-order valence-corrected chi connectivity index (χ2v) is 6.84. The number of carbonyl (C=O) groups excluding carboxylic acids is 1. The Labute approximate surface area is 177 Å². The van der Waals surface area contributed by atoms with Crippen molar-refractivity contribution >= 4 is 24.0 Å². The SMILES string of the molecule is COc1cc(NC(=O)CN2C[C@@H](N)[C@H](c3ccccc3)C2)cc(OC)c1OC.Cl. The summed E-state index contributed by atoms with van der Waals surface area (Å²) in [6.07, 6.45) is 0. The lowest BCUT2D eigenvalue weighted by Gasteiger charge is -2.17. The molecule has 3 N–H and O–H groups in total. The van der Waals surface area contributed by atoms with Gasteiger partial charge in [-0.1, -0.05) is 30.3 Å². The summed E-state index contributed by atoms with van der Waals surface area (Å²) in [6.45, 7) is 1.71. The lowest BCUT2D eigenvalue weighted by molar-refractivity contribution is -0.117. The number of benzene rings is 2. The third kappa shape index (κ3) is 5.32. The van der Waals surface area contributed by atoms with Crippen LogP contribution in [0.1, 0.15) is 11.5 Å². The summed E-state index contributed by atoms with van der Waals surface area (Å²) in [4.78, 5) is 14.6. The second kappa shape index (κ2) is 10.3. The molecule has 2 aromatic carbocycles. The molecule has 0 spiro atoms. The number of hydrogen-bond acceptors (Lipinski definition) is 6. The number of nitrogens with two attached hydrogens (primary N) is 1. The van der Waals surface area contributed by atoms with Crippen LogP contribution in [0.3, 0.4) is 0 Å². The van der Waals surface area contributed by atoms with Crippen molar-refractivity contribution in [1.82, 2.24) is 4.90 Å². The standard InChI is InChI=1S/C21H27N3O4.ClH/c1-26-18-9-15(10-19(27-2)21(18)28-3)23-20(25)13-24-11-16(17(22)12-24)14-7-5-4-6-8-14;/h4-10,16-17H,11-13,22H2,1-3H3,(H,23,25);1H/t16-,17+;/m0./s1. The Hall–Kier alpha value is -2.48. The van der Waals surface area contributed by atoms with E-state index in [1.165, 1.54) is 19.8 Å². The van der Waals surface area contributed by atoms with Crippen molar-refractivity contribution in [1.29, 1.82) is 0 Å². The molecule has 2 aromatic rings. The summed E-state index contributed by atoms with van der Waals surface area (Å²) < 4.78 is 16.0. The van der Waals surface area contributed by atoms with Gasteiger partial charge in [0.15, 0.2) is 11.5 Å². The number of carbonyl (C=O) groups is 1. The van der Waals surface area contributed by atoms with Gasteiger partial charge in [-0.25, -0.2) is 0 Å². The highest BCUT2D eigenvalue weighted by Crippen LogP contribution is 2.40. The van der Waals surface area contributed by atoms with Crippen molar-refractivity contribution in [2.75, 3.05) is 46.3 Å². The number of amides is 1. The number of halogens is 1. The fourth-order valence-electron chi connectivity index (χ4n) is 3.65. The van der Waals surface area contributed by atoms with Gasteiger partial charge in [-0.15, -0.1) is 12.4 Å². The number of nitrogens with zero attached hydrogens (tertiary/aromatic N) is 1. The molecule has 8 heteroatoms. The van der Waals surface area contributed by atoms with Crippen LogP contribution in [0.2, 0.25) is 0 Å². The maximum absolute atomic E-state index is 12.6. The molecular formula is C21H28ClN3O4. The van der Waals surface area contributed by atoms with Crippen molar-refractivity contribution in [2.45, 2.75) is 12.0 Å². The molecule has 2 atom stereocenters. The maximum Gasteiger partial charge on any atom is 0.238 e. The molecule has 1 amide bonds. The summed E-state index contributed by atoms with van der Waals surface area (Å²) in [5.41, 5.74) is 8.11. The minimum Gasteiger partial charge on any atom is -0.493 e. The minimum atomic E-state index is -0.116. The van der Waals surface area contributed by atoms with E-state index in [9.17, 15) is 4.79 Å². The first-order valence-electron chi connectivity index (χ1n) is 9.18. The zero-order chi connectivity index (χ0) is 20.1. The molecule has 7 nitrogen and oxygen atoms in total. The monoisotopic (exact) mass is 421 g/mol. The van der Waals surface area contributed by atoms with E-state index in [0.717, 1.165) is 6.54 Å². The molecule has 0 radical (unpaired) electrons. The highest BCUT2D eigenvalue weighted by atomic mass is 35.5. The number of ether oxygens (including phenoxy) is 3. The van der Waals surface area contributed by atoms with Crippen LogP contribution in [-0.2, 0) is 4.79 Å². The van der Waals surface area contributed by atoms with Crippen molar-refractivity contribution in [3.63, 3.8) is 0 Å². The Morgan fingerprint density at radius 2 is 1.69 bits per heavy atom. The van der Waals surface area contributed by atoms with E-state index < -0.39 is 0 Å². The van der Waals surface area contributed by atoms with Gasteiger partial charge in [-0.05, 0) is 5.56 Å². The van der Waals surface area contributed by atoms with Crippen LogP contribution < -0.4 is 25.3 Å². The molecule has 158 valence electrons. The molecular weight excluding hydrogens is 394 g/mol. The van der Waals surface area contributed by atoms with E-state index in [1.54, 1.807) is 19.2 Å². The van der Waals surface area contributed by atoms with Gasteiger partial charge >= 0.3 is 0 Å². The summed E-state index contributed by atoms with van der Waals surface area (Å²) in [6, 6.07) is 13.6. The van der Waals surface area contributed by atoms with Crippen molar-refractivity contribution < 1.29 is 19.0 Å². The minimum absolute atomic E-state index is 0. The van der Waals surface area contributed by atoms with Crippen LogP contribution >= 0.6 is 12.4 Å². The fraction of sp³-hybridized carbons (Fsp3) is 0.381. The number of rotatable bonds is 7. The van der Waals surface area contributed by atoms with Gasteiger partial charge in [-0.2, -0.15) is 0 Å². The molecule has 0 bridgehead atoms. The fourth-order valence-corrected chi connectivity index (χ4v) is 3.65. The first kappa shape index (κ1) is 22.8. The van der Waals surface area contributed by atoms with E-state index in [4.69, 9.17) is 19.9 Å². The van der Waals surface area contributed by atoms with Crippen molar-refractivity contribution in [3.8, 4) is 17.2 Å². The van der Waals surface area contributed by atoms with Crippen LogP contribution in [0.15, 0.2) is 42.5 Å². The van der Waals surface area contributed by atoms with Gasteiger partial charge in [0.25, 0.3) is 0 Å². The van der Waals surface area contributed by atoms with Gasteiger partial charge in [0.2, 0.25) is 11.7 Å². The smallest absolute Gasteiger partial charge is 0.238 e. The quantitative estimate of drug-likeness (QED) is 0.714. The van der Waals surface area contributed by atoms with E-state index in [2.05, 4.69) is 22.3 Å². The summed E-state index contributed by atoms with van der Waals surface area (Å²) in [5.74, 6) is 1.58. The lowest BCUT2D eigenvalue weighted by atomic mass is 9.95. The first-order chi connectivity index (χ1) is 13.5. The summed E-state index contributed by atoms with van der Waals surface area (Å²) in [5, 5.41) is 2.90. The van der Waals surface area contributed by atoms with E-state index in [0.29, 0.717) is 29.5 Å². The zero-order valence-corrected chi connectivity index (χ0v) is 17.7. The van der Waals surface area contributed by atoms with Gasteiger partial charge in [0.1, 0.15) is 0 Å². The molecule has 1 saturated heterocycles. The Balaban J connectivity index is 0.00000300.